The van der Waals surface area contributed by atoms with Crippen LogP contribution in [-0.2, 0) is 4.79 Å². The van der Waals surface area contributed by atoms with Gasteiger partial charge in [-0.2, -0.15) is 0 Å². The van der Waals surface area contributed by atoms with Crippen molar-refractivity contribution in [1.82, 2.24) is 10.6 Å². The largest absolute Gasteiger partial charge is 0.486 e. The molecule has 3 rings (SSSR count). The van der Waals surface area contributed by atoms with E-state index in [0.717, 1.165) is 25.7 Å². The molecule has 7 nitrogen and oxygen atoms in total. The average Bonchev–Trinajstić information content (AvgIpc) is 3.06. The van der Waals surface area contributed by atoms with Gasteiger partial charge in [0.25, 0.3) is 0 Å². The predicted molar refractivity (Wildman–Crippen MR) is 84.9 cm³/mol. The molecular formula is C16H21N3O4. The van der Waals surface area contributed by atoms with E-state index < -0.39 is 0 Å². The lowest BCUT2D eigenvalue weighted by molar-refractivity contribution is -0.115. The van der Waals surface area contributed by atoms with Crippen molar-refractivity contribution in [1.29, 1.82) is 0 Å². The molecule has 1 aromatic carbocycles. The third kappa shape index (κ3) is 4.28. The maximum Gasteiger partial charge on any atom is 0.315 e. The molecule has 3 N–H and O–H groups in total. The van der Waals surface area contributed by atoms with Crippen LogP contribution in [0.4, 0.5) is 10.5 Å². The van der Waals surface area contributed by atoms with Gasteiger partial charge in [-0.05, 0) is 25.0 Å². The Morgan fingerprint density at radius 3 is 2.61 bits per heavy atom. The third-order valence-corrected chi connectivity index (χ3v) is 3.93. The summed E-state index contributed by atoms with van der Waals surface area (Å²) in [5.41, 5.74) is 0.609. The van der Waals surface area contributed by atoms with Crippen molar-refractivity contribution in [3.8, 4) is 11.5 Å². The lowest BCUT2D eigenvalue weighted by atomic mass is 10.2. The van der Waals surface area contributed by atoms with Gasteiger partial charge in [-0.1, -0.05) is 12.8 Å². The van der Waals surface area contributed by atoms with Crippen LogP contribution >= 0.6 is 0 Å². The number of carbonyl (C=O) groups is 2. The fraction of sp³-hybridized carbons (Fsp3) is 0.500. The Hall–Kier alpha value is -2.44. The number of benzene rings is 1. The van der Waals surface area contributed by atoms with Crippen molar-refractivity contribution in [2.75, 3.05) is 25.1 Å². The Bertz CT molecular complexity index is 585. The number of nitrogens with one attached hydrogen (secondary N) is 3. The van der Waals surface area contributed by atoms with E-state index in [2.05, 4.69) is 16.0 Å². The van der Waals surface area contributed by atoms with Crippen LogP contribution in [0.3, 0.4) is 0 Å². The SMILES string of the molecule is O=C(CNC(=O)NC1CCCC1)Nc1ccc2c(c1)OCCO2. The van der Waals surface area contributed by atoms with Gasteiger partial charge in [0.1, 0.15) is 13.2 Å². The number of urea groups is 1. The average molecular weight is 319 g/mol. The molecule has 0 bridgehead atoms. The number of amides is 3. The van der Waals surface area contributed by atoms with Gasteiger partial charge in [0.2, 0.25) is 5.91 Å². The first kappa shape index (κ1) is 15.5. The van der Waals surface area contributed by atoms with Crippen molar-refractivity contribution in [2.24, 2.45) is 0 Å². The molecule has 2 aliphatic rings. The fourth-order valence-electron chi connectivity index (χ4n) is 2.79. The zero-order chi connectivity index (χ0) is 16.1. The minimum atomic E-state index is -0.297. The summed E-state index contributed by atoms with van der Waals surface area (Å²) in [6.45, 7) is 0.943. The second-order valence-corrected chi connectivity index (χ2v) is 5.72. The Labute approximate surface area is 134 Å². The van der Waals surface area contributed by atoms with Crippen LogP contribution in [0.1, 0.15) is 25.7 Å². The topological polar surface area (TPSA) is 88.7 Å². The van der Waals surface area contributed by atoms with E-state index in [1.807, 2.05) is 0 Å². The van der Waals surface area contributed by atoms with Crippen LogP contribution in [0.25, 0.3) is 0 Å². The predicted octanol–water partition coefficient (Wildman–Crippen LogP) is 1.64. The van der Waals surface area contributed by atoms with Gasteiger partial charge in [0.05, 0.1) is 6.54 Å². The van der Waals surface area contributed by atoms with Gasteiger partial charge in [-0.25, -0.2) is 4.79 Å². The molecule has 1 aliphatic carbocycles. The van der Waals surface area contributed by atoms with Gasteiger partial charge in [-0.15, -0.1) is 0 Å². The molecule has 0 spiro atoms. The van der Waals surface area contributed by atoms with Crippen LogP contribution < -0.4 is 25.4 Å². The zero-order valence-corrected chi connectivity index (χ0v) is 12.9. The molecule has 0 unspecified atom stereocenters. The van der Waals surface area contributed by atoms with E-state index in [-0.39, 0.29) is 24.5 Å². The minimum absolute atomic E-state index is 0.0764. The molecule has 3 amide bonds. The quantitative estimate of drug-likeness (QED) is 0.787. The van der Waals surface area contributed by atoms with Crippen LogP contribution in [0.5, 0.6) is 11.5 Å². The third-order valence-electron chi connectivity index (χ3n) is 3.93. The highest BCUT2D eigenvalue weighted by Gasteiger charge is 2.17. The van der Waals surface area contributed by atoms with E-state index in [0.29, 0.717) is 30.4 Å². The molecule has 0 radical (unpaired) electrons. The molecule has 0 saturated heterocycles. The standard InChI is InChI=1S/C16H21N3O4/c20-15(10-17-16(21)19-11-3-1-2-4-11)18-12-5-6-13-14(9-12)23-8-7-22-13/h5-6,9,11H,1-4,7-8,10H2,(H,18,20)(H2,17,19,21). The number of ether oxygens (including phenoxy) is 2. The number of fused-ring (bicyclic) bond motifs is 1. The Balaban J connectivity index is 1.44. The first-order valence-corrected chi connectivity index (χ1v) is 7.94. The second kappa shape index (κ2) is 7.21. The number of carbonyl (C=O) groups excluding carboxylic acids is 2. The van der Waals surface area contributed by atoms with Crippen LogP contribution in [-0.4, -0.2) is 37.7 Å². The normalized spacial score (nSPS) is 16.7. The van der Waals surface area contributed by atoms with E-state index >= 15 is 0 Å². The lowest BCUT2D eigenvalue weighted by Gasteiger charge is -2.19. The van der Waals surface area contributed by atoms with Crippen LogP contribution in [0.2, 0.25) is 0 Å². The Kier molecular flexibility index (Phi) is 4.85. The highest BCUT2D eigenvalue weighted by atomic mass is 16.6. The van der Waals surface area contributed by atoms with Crippen molar-refractivity contribution >= 4 is 17.6 Å². The molecule has 0 aromatic heterocycles. The van der Waals surface area contributed by atoms with Crippen LogP contribution in [0, 0.1) is 0 Å². The van der Waals surface area contributed by atoms with Gasteiger partial charge in [-0.3, -0.25) is 4.79 Å². The highest BCUT2D eigenvalue weighted by Crippen LogP contribution is 2.32. The summed E-state index contributed by atoms with van der Waals surface area (Å²) in [4.78, 5) is 23.6. The summed E-state index contributed by atoms with van der Waals surface area (Å²) in [7, 11) is 0. The van der Waals surface area contributed by atoms with Crippen molar-refractivity contribution in [3.63, 3.8) is 0 Å². The number of anilines is 1. The van der Waals surface area contributed by atoms with E-state index in [1.165, 1.54) is 0 Å². The monoisotopic (exact) mass is 319 g/mol. The molecule has 23 heavy (non-hydrogen) atoms. The molecule has 1 aliphatic heterocycles. The smallest absolute Gasteiger partial charge is 0.315 e. The second-order valence-electron chi connectivity index (χ2n) is 5.72. The molecule has 124 valence electrons. The summed E-state index contributed by atoms with van der Waals surface area (Å²) in [5.74, 6) is 0.993. The maximum absolute atomic E-state index is 11.9. The summed E-state index contributed by atoms with van der Waals surface area (Å²) in [6.07, 6.45) is 4.32. The van der Waals surface area contributed by atoms with E-state index in [1.54, 1.807) is 18.2 Å². The van der Waals surface area contributed by atoms with Gasteiger partial charge >= 0.3 is 6.03 Å². The Morgan fingerprint density at radius 1 is 1.09 bits per heavy atom. The molecule has 1 aromatic rings. The summed E-state index contributed by atoms with van der Waals surface area (Å²) >= 11 is 0. The lowest BCUT2D eigenvalue weighted by Crippen LogP contribution is -2.43. The zero-order valence-electron chi connectivity index (χ0n) is 12.9. The van der Waals surface area contributed by atoms with Crippen molar-refractivity contribution < 1.29 is 19.1 Å². The molecule has 1 fully saturated rings. The number of rotatable bonds is 4. The number of hydrogen-bond donors (Lipinski definition) is 3. The fourth-order valence-corrected chi connectivity index (χ4v) is 2.79. The Morgan fingerprint density at radius 2 is 1.83 bits per heavy atom. The molecule has 1 saturated carbocycles. The summed E-state index contributed by atoms with van der Waals surface area (Å²) < 4.78 is 10.9. The number of hydrogen-bond acceptors (Lipinski definition) is 4. The minimum Gasteiger partial charge on any atom is -0.486 e. The summed E-state index contributed by atoms with van der Waals surface area (Å²) in [5, 5.41) is 8.17. The van der Waals surface area contributed by atoms with Gasteiger partial charge < -0.3 is 25.4 Å². The molecule has 7 heteroatoms. The highest BCUT2D eigenvalue weighted by molar-refractivity contribution is 5.94. The molecule has 1 heterocycles. The van der Waals surface area contributed by atoms with Crippen molar-refractivity contribution in [3.05, 3.63) is 18.2 Å². The van der Waals surface area contributed by atoms with Gasteiger partial charge in [0.15, 0.2) is 11.5 Å². The van der Waals surface area contributed by atoms with E-state index in [4.69, 9.17) is 9.47 Å². The first-order chi connectivity index (χ1) is 11.2. The van der Waals surface area contributed by atoms with Gasteiger partial charge in [0, 0.05) is 17.8 Å². The molecular weight excluding hydrogens is 298 g/mol. The maximum atomic E-state index is 11.9. The summed E-state index contributed by atoms with van der Waals surface area (Å²) in [6, 6.07) is 5.14. The molecule has 0 atom stereocenters. The first-order valence-electron chi connectivity index (χ1n) is 7.94. The van der Waals surface area contributed by atoms with Crippen molar-refractivity contribution in [2.45, 2.75) is 31.7 Å². The van der Waals surface area contributed by atoms with Crippen LogP contribution in [0.15, 0.2) is 18.2 Å². The van der Waals surface area contributed by atoms with E-state index in [9.17, 15) is 9.59 Å².